The smallest absolute Gasteiger partial charge is 0.178 e. The molecule has 3 nitrogen and oxygen atoms in total. The third-order valence-electron chi connectivity index (χ3n) is 8.19. The van der Waals surface area contributed by atoms with Crippen LogP contribution in [0.4, 0.5) is 4.39 Å². The molecule has 0 radical (unpaired) electrons. The van der Waals surface area contributed by atoms with E-state index in [0.717, 1.165) is 11.3 Å². The molecule has 0 aromatic carbocycles. The Balaban J connectivity index is 1.84. The molecule has 0 aliphatic heterocycles. The van der Waals surface area contributed by atoms with Crippen molar-refractivity contribution in [3.8, 4) is 0 Å². The number of allylic oxidation sites excluding steroid dienone is 4. The van der Waals surface area contributed by atoms with Crippen LogP contribution in [0.25, 0.3) is 0 Å². The van der Waals surface area contributed by atoms with E-state index in [0.29, 0.717) is 19.3 Å². The molecule has 0 spiro atoms. The van der Waals surface area contributed by atoms with Gasteiger partial charge in [0.25, 0.3) is 0 Å². The summed E-state index contributed by atoms with van der Waals surface area (Å²) < 4.78 is 16.3. The van der Waals surface area contributed by atoms with Gasteiger partial charge in [0.2, 0.25) is 0 Å². The Morgan fingerprint density at radius 2 is 2.00 bits per heavy atom. The Morgan fingerprint density at radius 1 is 1.29 bits per heavy atom. The number of hydrogen-bond donors (Lipinski definition) is 1. The van der Waals surface area contributed by atoms with Crippen LogP contribution in [0.1, 0.15) is 46.5 Å². The van der Waals surface area contributed by atoms with E-state index in [1.807, 2.05) is 20.1 Å². The molecule has 0 aromatic rings. The Morgan fingerprint density at radius 3 is 2.64 bits per heavy atom. The van der Waals surface area contributed by atoms with Crippen LogP contribution >= 0.6 is 23.5 Å². The second-order valence-electron chi connectivity index (χ2n) is 9.15. The van der Waals surface area contributed by atoms with Crippen molar-refractivity contribution in [2.24, 2.45) is 22.7 Å². The molecular formula is C22H29FO3S2. The van der Waals surface area contributed by atoms with E-state index in [2.05, 4.69) is 6.92 Å². The van der Waals surface area contributed by atoms with Gasteiger partial charge in [-0.1, -0.05) is 25.5 Å². The first-order valence-corrected chi connectivity index (χ1v) is 12.4. The van der Waals surface area contributed by atoms with Crippen molar-refractivity contribution in [2.45, 2.75) is 62.3 Å². The summed E-state index contributed by atoms with van der Waals surface area (Å²) in [5, 5.41) is 11.3. The number of carbonyl (C=O) groups is 2. The van der Waals surface area contributed by atoms with Gasteiger partial charge in [0.1, 0.15) is 4.08 Å². The molecule has 154 valence electrons. The van der Waals surface area contributed by atoms with Crippen molar-refractivity contribution in [1.82, 2.24) is 0 Å². The summed E-state index contributed by atoms with van der Waals surface area (Å²) in [5.74, 6) is 0.408. The normalized spacial score (nSPS) is 50.1. The predicted molar refractivity (Wildman–Crippen MR) is 113 cm³/mol. The molecule has 0 amide bonds. The third-order valence-corrected chi connectivity index (χ3v) is 11.7. The average Bonchev–Trinajstić information content (AvgIpc) is 2.85. The Hall–Kier alpha value is -0.590. The molecule has 6 heteroatoms. The van der Waals surface area contributed by atoms with E-state index >= 15 is 4.39 Å². The maximum Gasteiger partial charge on any atom is 0.178 e. The van der Waals surface area contributed by atoms with E-state index in [1.165, 1.54) is 6.08 Å². The van der Waals surface area contributed by atoms with Gasteiger partial charge in [-0.3, -0.25) is 9.59 Å². The number of ketones is 2. The minimum atomic E-state index is -1.86. The van der Waals surface area contributed by atoms with Crippen LogP contribution < -0.4 is 0 Å². The van der Waals surface area contributed by atoms with Crippen LogP contribution in [0.5, 0.6) is 0 Å². The Kier molecular flexibility index (Phi) is 4.76. The number of Topliss-reactive ketones (excluding diaryl/α,β-unsaturated/α-hetero) is 1. The summed E-state index contributed by atoms with van der Waals surface area (Å²) in [4.78, 5) is 25.1. The van der Waals surface area contributed by atoms with Gasteiger partial charge in [-0.25, -0.2) is 4.39 Å². The number of hydrogen-bond acceptors (Lipinski definition) is 5. The van der Waals surface area contributed by atoms with E-state index in [1.54, 1.807) is 35.7 Å². The maximum absolute atomic E-state index is 17.0. The summed E-state index contributed by atoms with van der Waals surface area (Å²) in [7, 11) is 0. The third kappa shape index (κ3) is 2.23. The molecule has 4 aliphatic rings. The van der Waals surface area contributed by atoms with E-state index in [9.17, 15) is 14.7 Å². The molecule has 1 N–H and O–H groups in total. The molecule has 0 bridgehead atoms. The SMILES string of the molecule is CCS[C@]1(SC)C(=O)C[C@H]2[C@@H]3CCC4=CC(=O)C=C[C@]4(C)C3(F)[C@@H](O)C[C@@]21C. The fraction of sp³-hybridized carbons (Fsp3) is 0.727. The van der Waals surface area contributed by atoms with Gasteiger partial charge in [-0.2, -0.15) is 0 Å². The second kappa shape index (κ2) is 6.45. The summed E-state index contributed by atoms with van der Waals surface area (Å²) in [6.45, 7) is 5.96. The summed E-state index contributed by atoms with van der Waals surface area (Å²) in [6.07, 6.45) is 7.33. The molecular weight excluding hydrogens is 395 g/mol. The minimum absolute atomic E-state index is 0.0932. The number of aliphatic hydroxyl groups is 1. The van der Waals surface area contributed by atoms with Crippen molar-refractivity contribution >= 4 is 35.1 Å². The van der Waals surface area contributed by atoms with Crippen LogP contribution in [0.2, 0.25) is 0 Å². The maximum atomic E-state index is 17.0. The number of aliphatic hydroxyl groups excluding tert-OH is 1. The molecule has 28 heavy (non-hydrogen) atoms. The van der Waals surface area contributed by atoms with Crippen molar-refractivity contribution in [3.05, 3.63) is 23.8 Å². The fourth-order valence-electron chi connectivity index (χ4n) is 6.82. The van der Waals surface area contributed by atoms with Crippen molar-refractivity contribution < 1.29 is 19.1 Å². The predicted octanol–water partition coefficient (Wildman–Crippen LogP) is 4.35. The standard InChI is InChI=1S/C22H29FO3S2/c1-5-28-22(27-4)17(25)11-16-15-7-6-13-10-14(24)8-9-19(13,2)21(15,23)18(26)12-20(16,22)3/h8-10,15-16,18,26H,5-7,11-12H2,1-4H3/t15-,16-,18-,19-,20-,21?,22+/m0/s1. The van der Waals surface area contributed by atoms with Crippen molar-refractivity contribution in [3.63, 3.8) is 0 Å². The number of carbonyl (C=O) groups excluding carboxylic acids is 2. The molecule has 0 aromatic heterocycles. The van der Waals surface area contributed by atoms with Crippen LogP contribution in [0, 0.1) is 22.7 Å². The monoisotopic (exact) mass is 424 g/mol. The second-order valence-corrected chi connectivity index (χ2v) is 11.9. The van der Waals surface area contributed by atoms with Crippen molar-refractivity contribution in [1.29, 1.82) is 0 Å². The zero-order chi connectivity index (χ0) is 20.5. The zero-order valence-corrected chi connectivity index (χ0v) is 18.6. The largest absolute Gasteiger partial charge is 0.390 e. The summed E-state index contributed by atoms with van der Waals surface area (Å²) in [6, 6.07) is 0. The molecule has 1 unspecified atom stereocenters. The van der Waals surface area contributed by atoms with Gasteiger partial charge in [0, 0.05) is 23.2 Å². The van der Waals surface area contributed by atoms with Crippen LogP contribution in [-0.4, -0.2) is 44.5 Å². The first-order chi connectivity index (χ1) is 13.1. The zero-order valence-electron chi connectivity index (χ0n) is 17.0. The minimum Gasteiger partial charge on any atom is -0.390 e. The Labute approximate surface area is 175 Å². The average molecular weight is 425 g/mol. The highest BCUT2D eigenvalue weighted by atomic mass is 32.2. The lowest BCUT2D eigenvalue weighted by atomic mass is 9.46. The molecule has 0 saturated heterocycles. The fourth-order valence-corrected chi connectivity index (χ4v) is 9.88. The molecule has 3 fully saturated rings. The van der Waals surface area contributed by atoms with Gasteiger partial charge < -0.3 is 5.11 Å². The van der Waals surface area contributed by atoms with Gasteiger partial charge in [-0.15, -0.1) is 23.5 Å². The number of rotatable bonds is 3. The molecule has 3 saturated carbocycles. The number of fused-ring (bicyclic) bond motifs is 5. The number of halogens is 1. The topological polar surface area (TPSA) is 54.4 Å². The lowest BCUT2D eigenvalue weighted by Crippen LogP contribution is -2.67. The molecule has 4 aliphatic carbocycles. The van der Waals surface area contributed by atoms with Gasteiger partial charge in [0.05, 0.1) is 6.10 Å². The van der Waals surface area contributed by atoms with E-state index < -0.39 is 32.6 Å². The van der Waals surface area contributed by atoms with Gasteiger partial charge in [0.15, 0.2) is 17.2 Å². The van der Waals surface area contributed by atoms with Gasteiger partial charge in [-0.05, 0) is 56.3 Å². The highest BCUT2D eigenvalue weighted by Gasteiger charge is 2.75. The molecule has 7 atom stereocenters. The van der Waals surface area contributed by atoms with E-state index in [-0.39, 0.29) is 23.9 Å². The lowest BCUT2D eigenvalue weighted by molar-refractivity contribution is -0.189. The highest BCUT2D eigenvalue weighted by Crippen LogP contribution is 2.72. The number of thioether (sulfide) groups is 2. The molecule has 0 heterocycles. The highest BCUT2D eigenvalue weighted by molar-refractivity contribution is 8.19. The van der Waals surface area contributed by atoms with Crippen LogP contribution in [0.15, 0.2) is 23.8 Å². The van der Waals surface area contributed by atoms with Crippen LogP contribution in [-0.2, 0) is 9.59 Å². The Bertz CT molecular complexity index is 795. The van der Waals surface area contributed by atoms with Crippen LogP contribution in [0.3, 0.4) is 0 Å². The van der Waals surface area contributed by atoms with Gasteiger partial charge >= 0.3 is 0 Å². The number of alkyl halides is 1. The first-order valence-electron chi connectivity index (χ1n) is 10.1. The lowest BCUT2D eigenvalue weighted by Gasteiger charge is -2.62. The first kappa shape index (κ1) is 20.7. The summed E-state index contributed by atoms with van der Waals surface area (Å²) >= 11 is 3.22. The summed E-state index contributed by atoms with van der Waals surface area (Å²) in [5.41, 5.74) is -2.51. The quantitative estimate of drug-likeness (QED) is 0.683. The molecule has 4 rings (SSSR count). The van der Waals surface area contributed by atoms with E-state index in [4.69, 9.17) is 0 Å². The van der Waals surface area contributed by atoms with Crippen molar-refractivity contribution in [2.75, 3.05) is 12.0 Å².